The van der Waals surface area contributed by atoms with Gasteiger partial charge in [0.1, 0.15) is 23.7 Å². The molecule has 0 aliphatic carbocycles. The molecule has 0 unspecified atom stereocenters. The van der Waals surface area contributed by atoms with E-state index in [2.05, 4.69) is 15.8 Å². The number of hydrogen-bond acceptors (Lipinski definition) is 9. The molecule has 1 saturated heterocycles. The van der Waals surface area contributed by atoms with Gasteiger partial charge in [0, 0.05) is 30.4 Å². The molecule has 2 heterocycles. The molecular weight excluding hydrogens is 468 g/mol. The minimum absolute atomic E-state index is 0.190. The smallest absolute Gasteiger partial charge is 0.433 e. The number of oxime groups is 1. The van der Waals surface area contributed by atoms with Gasteiger partial charge in [-0.3, -0.25) is 24.1 Å². The monoisotopic (exact) mass is 490 g/mol. The number of esters is 1. The number of rotatable bonds is 8. The molecule has 13 heteroatoms. The predicted molar refractivity (Wildman–Crippen MR) is 119 cm³/mol. The van der Waals surface area contributed by atoms with E-state index < -0.39 is 41.3 Å². The number of hydrogen-bond donors (Lipinski definition) is 3. The Bertz CT molecular complexity index is 1070. The molecule has 1 aromatic carbocycles. The summed E-state index contributed by atoms with van der Waals surface area (Å²) in [5.74, 6) is -3.14. The molecule has 3 amide bonds. The fourth-order valence-electron chi connectivity index (χ4n) is 3.28. The number of amides is 3. The minimum atomic E-state index is -1.34. The SMILES string of the molecule is CCNC(=O)ON=C(C(=O)N[C@@H]1C(=O)N2C(C(=O)O)=C(COC(C)=O)CS[C@H]12)c1ccccc1. The van der Waals surface area contributed by atoms with Gasteiger partial charge >= 0.3 is 18.0 Å². The number of ether oxygens (including phenoxy) is 1. The van der Waals surface area contributed by atoms with E-state index in [-0.39, 0.29) is 29.3 Å². The first kappa shape index (κ1) is 24.8. The van der Waals surface area contributed by atoms with Gasteiger partial charge in [-0.15, -0.1) is 11.8 Å². The van der Waals surface area contributed by atoms with Crippen molar-refractivity contribution in [3.05, 3.63) is 47.2 Å². The second-order valence-corrected chi connectivity index (χ2v) is 8.22. The molecular formula is C21H22N4O8S. The van der Waals surface area contributed by atoms with Crippen molar-refractivity contribution >= 4 is 47.3 Å². The van der Waals surface area contributed by atoms with Crippen LogP contribution in [0.1, 0.15) is 19.4 Å². The lowest BCUT2D eigenvalue weighted by atomic mass is 10.0. The quantitative estimate of drug-likeness (QED) is 0.154. The van der Waals surface area contributed by atoms with Crippen LogP contribution in [0.3, 0.4) is 0 Å². The highest BCUT2D eigenvalue weighted by atomic mass is 32.2. The summed E-state index contributed by atoms with van der Waals surface area (Å²) in [6.45, 7) is 2.93. The number of carbonyl (C=O) groups is 5. The Balaban J connectivity index is 1.78. The summed E-state index contributed by atoms with van der Waals surface area (Å²) in [7, 11) is 0. The molecule has 12 nitrogen and oxygen atoms in total. The number of thioether (sulfide) groups is 1. The van der Waals surface area contributed by atoms with Crippen LogP contribution in [0, 0.1) is 0 Å². The molecule has 3 rings (SSSR count). The van der Waals surface area contributed by atoms with Crippen LogP contribution in [0.5, 0.6) is 0 Å². The number of β-lactam (4-membered cyclic amide) rings is 1. The summed E-state index contributed by atoms with van der Waals surface area (Å²) in [5, 5.41) is 17.5. The Kier molecular flexibility index (Phi) is 7.89. The van der Waals surface area contributed by atoms with Gasteiger partial charge in [-0.1, -0.05) is 35.5 Å². The zero-order chi connectivity index (χ0) is 24.8. The highest BCUT2D eigenvalue weighted by molar-refractivity contribution is 8.00. The third-order valence-electron chi connectivity index (χ3n) is 4.79. The van der Waals surface area contributed by atoms with Crippen LogP contribution in [0.2, 0.25) is 0 Å². The zero-order valence-electron chi connectivity index (χ0n) is 18.3. The van der Waals surface area contributed by atoms with Gasteiger partial charge in [0.15, 0.2) is 5.71 Å². The third-order valence-corrected chi connectivity index (χ3v) is 6.13. The molecule has 2 aliphatic rings. The molecule has 0 bridgehead atoms. The minimum Gasteiger partial charge on any atom is -0.477 e. The second kappa shape index (κ2) is 10.8. The average Bonchev–Trinajstić information content (AvgIpc) is 2.81. The Morgan fingerprint density at radius 2 is 1.94 bits per heavy atom. The first-order chi connectivity index (χ1) is 16.2. The first-order valence-corrected chi connectivity index (χ1v) is 11.2. The largest absolute Gasteiger partial charge is 0.477 e. The average molecular weight is 490 g/mol. The molecule has 180 valence electrons. The topological polar surface area (TPSA) is 164 Å². The first-order valence-electron chi connectivity index (χ1n) is 10.2. The van der Waals surface area contributed by atoms with Crippen LogP contribution in [-0.4, -0.2) is 75.9 Å². The maximum atomic E-state index is 13.0. The van der Waals surface area contributed by atoms with E-state index in [1.165, 1.54) is 18.7 Å². The van der Waals surface area contributed by atoms with Gasteiger partial charge in [-0.2, -0.15) is 0 Å². The normalized spacial score (nSPS) is 19.5. The summed E-state index contributed by atoms with van der Waals surface area (Å²) >= 11 is 1.22. The number of fused-ring (bicyclic) bond motifs is 1. The van der Waals surface area contributed by atoms with E-state index in [4.69, 9.17) is 9.57 Å². The van der Waals surface area contributed by atoms with Crippen molar-refractivity contribution < 1.29 is 38.7 Å². The number of carboxylic acids is 1. The van der Waals surface area contributed by atoms with E-state index in [0.29, 0.717) is 12.1 Å². The van der Waals surface area contributed by atoms with Crippen LogP contribution < -0.4 is 10.6 Å². The molecule has 0 radical (unpaired) electrons. The van der Waals surface area contributed by atoms with Crippen LogP contribution in [0.25, 0.3) is 0 Å². The number of aliphatic carboxylic acids is 1. The van der Waals surface area contributed by atoms with Crippen molar-refractivity contribution in [1.82, 2.24) is 15.5 Å². The maximum Gasteiger partial charge on any atom is 0.433 e. The number of benzene rings is 1. The predicted octanol–water partition coefficient (Wildman–Crippen LogP) is 0.439. The van der Waals surface area contributed by atoms with Crippen molar-refractivity contribution in [3.63, 3.8) is 0 Å². The molecule has 0 spiro atoms. The van der Waals surface area contributed by atoms with Gasteiger partial charge < -0.3 is 20.5 Å². The van der Waals surface area contributed by atoms with Crippen molar-refractivity contribution in [2.24, 2.45) is 5.16 Å². The van der Waals surface area contributed by atoms with Gasteiger partial charge in [0.25, 0.3) is 11.8 Å². The molecule has 0 aromatic heterocycles. The van der Waals surface area contributed by atoms with Crippen molar-refractivity contribution in [2.45, 2.75) is 25.3 Å². The third kappa shape index (κ3) is 5.36. The number of nitrogens with zero attached hydrogens (tertiary/aromatic N) is 2. The van der Waals surface area contributed by atoms with E-state index in [0.717, 1.165) is 4.90 Å². The van der Waals surface area contributed by atoms with Crippen LogP contribution >= 0.6 is 11.8 Å². The van der Waals surface area contributed by atoms with E-state index in [1.54, 1.807) is 37.3 Å². The lowest BCUT2D eigenvalue weighted by molar-refractivity contribution is -0.150. The van der Waals surface area contributed by atoms with E-state index in [9.17, 15) is 29.1 Å². The molecule has 0 saturated carbocycles. The van der Waals surface area contributed by atoms with E-state index >= 15 is 0 Å². The number of carbonyl (C=O) groups excluding carboxylic acids is 4. The lowest BCUT2D eigenvalue weighted by Gasteiger charge is -2.49. The summed E-state index contributed by atoms with van der Waals surface area (Å²) < 4.78 is 4.90. The molecule has 2 aliphatic heterocycles. The Hall–Kier alpha value is -3.87. The van der Waals surface area contributed by atoms with Crippen molar-refractivity contribution in [1.29, 1.82) is 0 Å². The number of carboxylic acid groups (broad SMARTS) is 1. The second-order valence-electron chi connectivity index (χ2n) is 7.11. The maximum absolute atomic E-state index is 13.0. The summed E-state index contributed by atoms with van der Waals surface area (Å²) in [4.78, 5) is 66.1. The fourth-order valence-corrected chi connectivity index (χ4v) is 4.60. The molecule has 1 aromatic rings. The molecule has 34 heavy (non-hydrogen) atoms. The molecule has 3 N–H and O–H groups in total. The van der Waals surface area contributed by atoms with Gasteiger partial charge in [-0.05, 0) is 6.92 Å². The van der Waals surface area contributed by atoms with Crippen LogP contribution in [-0.2, 0) is 28.8 Å². The molecule has 1 fully saturated rings. The van der Waals surface area contributed by atoms with E-state index in [1.807, 2.05) is 0 Å². The lowest BCUT2D eigenvalue weighted by Crippen LogP contribution is -2.71. The summed E-state index contributed by atoms with van der Waals surface area (Å²) in [6, 6.07) is 7.17. The van der Waals surface area contributed by atoms with Crippen LogP contribution in [0.15, 0.2) is 46.8 Å². The van der Waals surface area contributed by atoms with Gasteiger partial charge in [-0.25, -0.2) is 9.59 Å². The summed E-state index contributed by atoms with van der Waals surface area (Å²) in [6.07, 6.45) is -0.853. The Morgan fingerprint density at radius 1 is 1.24 bits per heavy atom. The van der Waals surface area contributed by atoms with Crippen molar-refractivity contribution in [3.8, 4) is 0 Å². The summed E-state index contributed by atoms with van der Waals surface area (Å²) in [5.41, 5.74) is 0.128. The highest BCUT2D eigenvalue weighted by Crippen LogP contribution is 2.40. The van der Waals surface area contributed by atoms with Crippen LogP contribution in [0.4, 0.5) is 4.79 Å². The zero-order valence-corrected chi connectivity index (χ0v) is 19.1. The fraction of sp³-hybridized carbons (Fsp3) is 0.333. The van der Waals surface area contributed by atoms with Gasteiger partial charge in [0.2, 0.25) is 0 Å². The highest BCUT2D eigenvalue weighted by Gasteiger charge is 2.54. The Morgan fingerprint density at radius 3 is 2.56 bits per heavy atom. The van der Waals surface area contributed by atoms with Gasteiger partial charge in [0.05, 0.1) is 0 Å². The standard InChI is InChI=1S/C21H22N4O8S/c1-3-22-21(31)33-24-14(12-7-5-4-6-8-12)17(27)23-15-18(28)25-16(20(29)30)13(9-32-11(2)26)10-34-19(15)25/h4-8,15,19H,3,9-10H2,1-2H3,(H,22,31)(H,23,27)(H,29,30)/t15-,19-/m1/s1. The molecule has 2 atom stereocenters. The van der Waals surface area contributed by atoms with Crippen molar-refractivity contribution in [2.75, 3.05) is 18.9 Å². The Labute approximate surface area is 198 Å². The number of nitrogens with one attached hydrogen (secondary N) is 2.